The summed E-state index contributed by atoms with van der Waals surface area (Å²) in [6.45, 7) is 7.06. The van der Waals surface area contributed by atoms with Gasteiger partial charge < -0.3 is 25.0 Å². The van der Waals surface area contributed by atoms with Crippen molar-refractivity contribution in [2.24, 2.45) is 0 Å². The fourth-order valence-corrected chi connectivity index (χ4v) is 9.95. The molecule has 8 rings (SSSR count). The summed E-state index contributed by atoms with van der Waals surface area (Å²) in [6.07, 6.45) is 10.0. The third-order valence-corrected chi connectivity index (χ3v) is 13.7. The number of fused-ring (bicyclic) bond motifs is 4. The van der Waals surface area contributed by atoms with Crippen LogP contribution in [0.5, 0.6) is 0 Å². The van der Waals surface area contributed by atoms with Gasteiger partial charge in [0.05, 0.1) is 40.3 Å². The quantitative estimate of drug-likeness (QED) is 0.199. The summed E-state index contributed by atoms with van der Waals surface area (Å²) in [5.41, 5.74) is 20.9. The first kappa shape index (κ1) is 42.7. The minimum atomic E-state index is -0.240. The van der Waals surface area contributed by atoms with Crippen molar-refractivity contribution >= 4 is 100 Å². The molecule has 0 bridgehead atoms. The number of hydrogen-bond donors (Lipinski definition) is 1. The number of pyridine rings is 2. The number of nitrogen functional groups attached to an aromatic ring is 1. The Labute approximate surface area is 374 Å². The van der Waals surface area contributed by atoms with Gasteiger partial charge in [-0.3, -0.25) is 9.97 Å². The van der Waals surface area contributed by atoms with Gasteiger partial charge in [0.2, 0.25) is 0 Å². The Kier molecular flexibility index (Phi) is 13.9. The minimum Gasteiger partial charge on any atom is -0.450 e. The molecule has 2 aromatic carbocycles. The first-order valence-electron chi connectivity index (χ1n) is 19.6. The number of halogens is 5. The summed E-state index contributed by atoms with van der Waals surface area (Å²) < 4.78 is 13.3. The maximum Gasteiger partial charge on any atom is 0.409 e. The van der Waals surface area contributed by atoms with Gasteiger partial charge >= 0.3 is 12.2 Å². The zero-order chi connectivity index (χ0) is 41.1. The number of aromatic nitrogens is 2. The highest BCUT2D eigenvalue weighted by Crippen LogP contribution is 2.43. The highest BCUT2D eigenvalue weighted by molar-refractivity contribution is 9.11. The number of anilines is 1. The molecule has 4 aliphatic rings. The number of hydrogen-bond acceptors (Lipinski definition) is 7. The first-order chi connectivity index (χ1) is 28.0. The lowest BCUT2D eigenvalue weighted by atomic mass is 9.88. The predicted octanol–water partition coefficient (Wildman–Crippen LogP) is 11.6. The predicted molar refractivity (Wildman–Crippen MR) is 241 cm³/mol. The summed E-state index contributed by atoms with van der Waals surface area (Å²) in [4.78, 5) is 37.4. The minimum absolute atomic E-state index is 0.227. The molecule has 14 heteroatoms. The smallest absolute Gasteiger partial charge is 0.409 e. The van der Waals surface area contributed by atoms with Crippen LogP contribution in [0, 0.1) is 0 Å². The van der Waals surface area contributed by atoms with Gasteiger partial charge in [0.15, 0.2) is 0 Å². The fourth-order valence-electron chi connectivity index (χ4n) is 8.28. The maximum atomic E-state index is 12.1. The molecule has 2 N–H and O–H groups in total. The molecule has 0 spiro atoms. The van der Waals surface area contributed by atoms with Crippen LogP contribution in [-0.2, 0) is 35.2 Å². The molecule has 0 unspecified atom stereocenters. The van der Waals surface area contributed by atoms with Crippen LogP contribution in [0.15, 0.2) is 73.4 Å². The summed E-state index contributed by atoms with van der Waals surface area (Å²) in [6, 6.07) is 12.3. The van der Waals surface area contributed by atoms with Crippen LogP contribution in [-0.4, -0.2) is 71.3 Å². The Hall–Kier alpha value is -3.42. The highest BCUT2D eigenvalue weighted by atomic mass is 79.9. The van der Waals surface area contributed by atoms with Gasteiger partial charge in [0.25, 0.3) is 0 Å². The molecule has 2 aliphatic carbocycles. The van der Waals surface area contributed by atoms with Crippen molar-refractivity contribution in [2.75, 3.05) is 45.1 Å². The lowest BCUT2D eigenvalue weighted by molar-refractivity contribution is 0.103. The van der Waals surface area contributed by atoms with E-state index in [2.05, 4.69) is 66.0 Å². The number of nitrogens with two attached hydrogens (primary N) is 1. The lowest BCUT2D eigenvalue weighted by Crippen LogP contribution is -2.37. The van der Waals surface area contributed by atoms with E-state index in [1.807, 2.05) is 44.4 Å². The van der Waals surface area contributed by atoms with Crippen molar-refractivity contribution < 1.29 is 19.1 Å². The Morgan fingerprint density at radius 1 is 0.655 bits per heavy atom. The zero-order valence-corrected chi connectivity index (χ0v) is 38.7. The van der Waals surface area contributed by atoms with E-state index in [0.29, 0.717) is 50.1 Å². The van der Waals surface area contributed by atoms with Gasteiger partial charge in [0, 0.05) is 63.1 Å². The van der Waals surface area contributed by atoms with Crippen molar-refractivity contribution in [3.8, 4) is 0 Å². The molecule has 58 heavy (non-hydrogen) atoms. The van der Waals surface area contributed by atoms with Crippen LogP contribution in [0.1, 0.15) is 84.3 Å². The summed E-state index contributed by atoms with van der Waals surface area (Å²) in [5, 5.41) is 1.32. The number of benzene rings is 2. The molecule has 4 aromatic rings. The normalized spacial score (nSPS) is 16.2. The number of likely N-dealkylation sites (tertiary alicyclic amines) is 2. The van der Waals surface area contributed by atoms with Gasteiger partial charge in [0.1, 0.15) is 0 Å². The summed E-state index contributed by atoms with van der Waals surface area (Å²) >= 11 is 23.6. The average molecular weight is 1020 g/mol. The second-order valence-corrected chi connectivity index (χ2v) is 18.0. The van der Waals surface area contributed by atoms with Crippen LogP contribution >= 0.6 is 71.0 Å². The molecule has 2 fully saturated rings. The average Bonchev–Trinajstić information content (AvgIpc) is 3.47. The number of nitrogens with zero attached hydrogens (tertiary/aromatic N) is 4. The molecule has 2 aromatic heterocycles. The third kappa shape index (κ3) is 9.16. The topological polar surface area (TPSA) is 111 Å². The van der Waals surface area contributed by atoms with Crippen molar-refractivity contribution in [2.45, 2.75) is 65.2 Å². The Balaban J connectivity index is 0.000000177. The van der Waals surface area contributed by atoms with Gasteiger partial charge in [-0.25, -0.2) is 9.59 Å². The van der Waals surface area contributed by atoms with Gasteiger partial charge in [-0.2, -0.15) is 0 Å². The molecule has 9 nitrogen and oxygen atoms in total. The van der Waals surface area contributed by atoms with E-state index >= 15 is 0 Å². The fraction of sp³-hybridized carbons (Fsp3) is 0.364. The maximum absolute atomic E-state index is 12.1. The van der Waals surface area contributed by atoms with Crippen LogP contribution in [0.4, 0.5) is 15.3 Å². The zero-order valence-electron chi connectivity index (χ0n) is 32.4. The van der Waals surface area contributed by atoms with Crippen LogP contribution in [0.2, 0.25) is 10.0 Å². The molecule has 0 saturated carbocycles. The number of carbonyl (C=O) groups is 2. The number of rotatable bonds is 2. The van der Waals surface area contributed by atoms with Crippen LogP contribution in [0.25, 0.3) is 11.1 Å². The van der Waals surface area contributed by atoms with E-state index in [1.165, 1.54) is 44.5 Å². The number of piperidine rings is 2. The third-order valence-electron chi connectivity index (χ3n) is 11.1. The Bertz CT molecular complexity index is 2250. The van der Waals surface area contributed by atoms with E-state index in [9.17, 15) is 9.59 Å². The van der Waals surface area contributed by atoms with Crippen LogP contribution in [0.3, 0.4) is 0 Å². The SMILES string of the molecule is CCOC(=O)N1CCC(=C2c3cc(N)c(Cl)cc3CCc3cc(Br)cnc32)CC1.CCOC(=O)N1CCC(=C2c3ccc(Cl)c(Br)c3CCc3cc(Br)cnc32)CC1. The first-order valence-corrected chi connectivity index (χ1v) is 22.7. The number of amides is 2. The number of ether oxygens (including phenoxy) is 2. The van der Waals surface area contributed by atoms with Crippen molar-refractivity contribution in [1.29, 1.82) is 0 Å². The largest absolute Gasteiger partial charge is 0.450 e. The molecule has 304 valence electrons. The Morgan fingerprint density at radius 2 is 1.14 bits per heavy atom. The van der Waals surface area contributed by atoms with E-state index < -0.39 is 0 Å². The molecule has 2 saturated heterocycles. The molecule has 2 aliphatic heterocycles. The number of aryl methyl sites for hydroxylation is 3. The molecule has 2 amide bonds. The monoisotopic (exact) mass is 1010 g/mol. The van der Waals surface area contributed by atoms with Crippen molar-refractivity contribution in [3.63, 3.8) is 0 Å². The van der Waals surface area contributed by atoms with E-state index in [-0.39, 0.29) is 12.2 Å². The molecular weight excluding hydrogens is 973 g/mol. The molecule has 4 heterocycles. The second-order valence-electron chi connectivity index (χ2n) is 14.6. The number of carbonyl (C=O) groups excluding carboxylic acids is 2. The van der Waals surface area contributed by atoms with Crippen molar-refractivity contribution in [1.82, 2.24) is 19.8 Å². The van der Waals surface area contributed by atoms with E-state index in [4.69, 9.17) is 48.4 Å². The lowest BCUT2D eigenvalue weighted by Gasteiger charge is -2.29. The van der Waals surface area contributed by atoms with Gasteiger partial charge in [-0.05, 0) is 177 Å². The van der Waals surface area contributed by atoms with E-state index in [1.54, 1.807) is 9.80 Å². The summed E-state index contributed by atoms with van der Waals surface area (Å²) in [7, 11) is 0. The van der Waals surface area contributed by atoms with Crippen molar-refractivity contribution in [3.05, 3.63) is 128 Å². The standard InChI is InChI=1S/C22H21Br2ClN2O2.C22H23BrClN3O2/c1-2-29-22(28)27-9-7-13(8-10-27)19-16-5-6-18(25)20(24)17(16)4-3-14-11-15(23)12-26-21(14)19;1-2-29-22(28)27-7-5-13(6-8-27)20-17-11-19(25)18(24)10-14(17)3-4-15-9-16(23)12-26-21(15)20/h5-6,11-12H,2-4,7-10H2,1H3;9-12H,2-8,25H2,1H3. The molecule has 0 radical (unpaired) electrons. The molecule has 0 atom stereocenters. The highest BCUT2D eigenvalue weighted by Gasteiger charge is 2.30. The Morgan fingerprint density at radius 3 is 1.66 bits per heavy atom. The van der Waals surface area contributed by atoms with Gasteiger partial charge in [-0.15, -0.1) is 0 Å². The summed E-state index contributed by atoms with van der Waals surface area (Å²) in [5.74, 6) is 0. The van der Waals surface area contributed by atoms with Gasteiger partial charge in [-0.1, -0.05) is 40.4 Å². The van der Waals surface area contributed by atoms with Crippen LogP contribution < -0.4 is 5.73 Å². The second kappa shape index (κ2) is 18.9. The van der Waals surface area contributed by atoms with E-state index in [0.717, 1.165) is 92.3 Å². The molecular formula is C44H44Br3Cl2N5O4.